The summed E-state index contributed by atoms with van der Waals surface area (Å²) in [6.45, 7) is 14.7. The SMILES string of the molecule is CC(C)(C)c1ccnc(-n2c3[c-]c(Oc4[c-]c(N5[CH-]N(c6c(-c7cc(F)cc(F)c7)cc(C(C)(C)C)cc6-c6cc(F)cc(F)c6)c6ccccc65)cc(-c5c(C6CCCCC6)cccc5C5CCCCC5)c4)ccc3c3ccccc32)c1.[Pt]. The summed E-state index contributed by atoms with van der Waals surface area (Å²) >= 11 is 0. The van der Waals surface area contributed by atoms with Crippen molar-refractivity contribution >= 4 is 44.6 Å². The van der Waals surface area contributed by atoms with E-state index < -0.39 is 28.7 Å². The second kappa shape index (κ2) is 22.8. The van der Waals surface area contributed by atoms with Gasteiger partial charge in [0, 0.05) is 84.6 Å². The van der Waals surface area contributed by atoms with Gasteiger partial charge in [-0.25, -0.2) is 22.5 Å². The number of hydrogen-bond acceptors (Lipinski definition) is 4. The predicted molar refractivity (Wildman–Crippen MR) is 329 cm³/mol. The minimum absolute atomic E-state index is 0. The summed E-state index contributed by atoms with van der Waals surface area (Å²) in [6, 6.07) is 54.3. The van der Waals surface area contributed by atoms with Crippen LogP contribution < -0.4 is 14.5 Å². The van der Waals surface area contributed by atoms with Crippen molar-refractivity contribution in [2.75, 3.05) is 9.80 Å². The van der Waals surface area contributed by atoms with Gasteiger partial charge in [-0.15, -0.1) is 53.6 Å². The van der Waals surface area contributed by atoms with Gasteiger partial charge in [0.2, 0.25) is 0 Å². The van der Waals surface area contributed by atoms with Crippen LogP contribution in [-0.2, 0) is 31.9 Å². The molecule has 3 aliphatic rings. The second-order valence-electron chi connectivity index (χ2n) is 25.1. The van der Waals surface area contributed by atoms with Crippen LogP contribution in [0.3, 0.4) is 0 Å². The van der Waals surface area contributed by atoms with Gasteiger partial charge in [0.05, 0.1) is 0 Å². The van der Waals surface area contributed by atoms with Gasteiger partial charge < -0.3 is 19.1 Å². The Morgan fingerprint density at radius 2 is 1.07 bits per heavy atom. The maximum absolute atomic E-state index is 15.6. The van der Waals surface area contributed by atoms with Gasteiger partial charge >= 0.3 is 0 Å². The monoisotopic (exact) mass is 1300 g/mol. The van der Waals surface area contributed by atoms with Crippen LogP contribution in [0.25, 0.3) is 61.0 Å². The summed E-state index contributed by atoms with van der Waals surface area (Å²) < 4.78 is 71.6. The zero-order valence-corrected chi connectivity index (χ0v) is 50.6. The summed E-state index contributed by atoms with van der Waals surface area (Å²) in [7, 11) is 0. The molecule has 84 heavy (non-hydrogen) atoms. The molecule has 10 aromatic rings. The van der Waals surface area contributed by atoms with Gasteiger partial charge in [-0.05, 0) is 159 Å². The molecule has 5 nitrogen and oxygen atoms in total. The molecule has 2 fully saturated rings. The van der Waals surface area contributed by atoms with Crippen LogP contribution in [0.5, 0.6) is 11.5 Å². The Balaban J connectivity index is 0.00000694. The second-order valence-corrected chi connectivity index (χ2v) is 25.1. The molecule has 13 rings (SSSR count). The first kappa shape index (κ1) is 57.0. The number of anilines is 4. The number of halogens is 4. The number of benzene rings is 8. The first-order valence-electron chi connectivity index (χ1n) is 29.5. The van der Waals surface area contributed by atoms with Crippen molar-refractivity contribution in [3.8, 4) is 50.7 Å². The minimum atomic E-state index is -0.748. The van der Waals surface area contributed by atoms with Crippen LogP contribution in [0.15, 0.2) is 158 Å². The van der Waals surface area contributed by atoms with Crippen LogP contribution in [0.4, 0.5) is 40.3 Å². The first-order chi connectivity index (χ1) is 40.0. The third-order valence-corrected chi connectivity index (χ3v) is 17.4. The maximum Gasteiger partial charge on any atom is 0.135 e. The van der Waals surface area contributed by atoms with E-state index in [0.717, 1.165) is 87.9 Å². The number of rotatable bonds is 10. The van der Waals surface area contributed by atoms with Crippen molar-refractivity contribution in [2.24, 2.45) is 0 Å². The molecule has 10 heteroatoms. The Kier molecular flexibility index (Phi) is 15.5. The molecule has 0 saturated heterocycles. The molecule has 0 spiro atoms. The van der Waals surface area contributed by atoms with Gasteiger partial charge in [-0.2, -0.15) is 6.07 Å². The largest absolute Gasteiger partial charge is 0.509 e. The normalized spacial score (nSPS) is 15.2. The number of hydrogen-bond donors (Lipinski definition) is 0. The molecular weight excluding hydrogens is 1230 g/mol. The summed E-state index contributed by atoms with van der Waals surface area (Å²) in [4.78, 5) is 9.00. The van der Waals surface area contributed by atoms with E-state index >= 15 is 17.6 Å². The molecular formula is C74H67F4N4OPt-3. The summed E-state index contributed by atoms with van der Waals surface area (Å²) in [5, 5.41) is 2.10. The molecule has 2 aromatic heterocycles. The minimum Gasteiger partial charge on any atom is -0.509 e. The van der Waals surface area contributed by atoms with Crippen molar-refractivity contribution in [3.63, 3.8) is 0 Å². The number of para-hydroxylation sites is 3. The van der Waals surface area contributed by atoms with E-state index in [4.69, 9.17) is 9.72 Å². The molecule has 8 aromatic carbocycles. The summed E-state index contributed by atoms with van der Waals surface area (Å²) in [5.41, 5.74) is 12.4. The van der Waals surface area contributed by atoms with E-state index in [2.05, 4.69) is 115 Å². The average Bonchev–Trinajstić information content (AvgIpc) is 4.14. The quantitative estimate of drug-likeness (QED) is 0.101. The van der Waals surface area contributed by atoms with Crippen LogP contribution in [0, 0.1) is 42.1 Å². The number of ether oxygens (including phenoxy) is 1. The number of nitrogens with zero attached hydrogens (tertiary/aromatic N) is 4. The van der Waals surface area contributed by atoms with Crippen LogP contribution in [-0.4, -0.2) is 9.55 Å². The van der Waals surface area contributed by atoms with Gasteiger partial charge in [0.25, 0.3) is 0 Å². The maximum atomic E-state index is 15.6. The Morgan fingerprint density at radius 1 is 0.512 bits per heavy atom. The Bertz CT molecular complexity index is 3980. The first-order valence-corrected chi connectivity index (χ1v) is 29.5. The van der Waals surface area contributed by atoms with E-state index in [-0.39, 0.29) is 37.6 Å². The standard InChI is InChI=1S/C74H67F4N4O.Pt/c1-73(2,3)51-30-31-79-70(40-51)82-66-25-14-13-22-62(66)63-29-28-58(44-69(63)82)83-59-37-50(71-60(46-18-9-7-10-19-46)23-17-24-61(71)47-20-11-8-12-21-47)36-57(43-59)80-45-81(68-27-16-15-26-67(68)80)72-64(48-32-53(75)41-54(76)33-48)38-52(74(4,5)6)39-65(72)49-34-55(77)42-56(78)35-49;/h13-17,22-42,45-47H,7-12,18-21H2,1-6H3;/q-3;. The molecule has 3 heterocycles. The fourth-order valence-electron chi connectivity index (χ4n) is 13.3. The van der Waals surface area contributed by atoms with Crippen molar-refractivity contribution < 1.29 is 43.4 Å². The van der Waals surface area contributed by atoms with Gasteiger partial charge in [0.1, 0.15) is 29.1 Å². The van der Waals surface area contributed by atoms with Crippen molar-refractivity contribution in [1.82, 2.24) is 9.55 Å². The Morgan fingerprint density at radius 3 is 1.65 bits per heavy atom. The van der Waals surface area contributed by atoms with Crippen LogP contribution in [0.1, 0.15) is 140 Å². The van der Waals surface area contributed by atoms with Crippen LogP contribution in [0.2, 0.25) is 0 Å². The van der Waals surface area contributed by atoms with E-state index in [1.165, 1.54) is 85.0 Å². The fourth-order valence-corrected chi connectivity index (χ4v) is 13.3. The Labute approximate surface area is 505 Å². The Hall–Kier alpha value is -7.48. The van der Waals surface area contributed by atoms with Gasteiger partial charge in [-0.1, -0.05) is 134 Å². The molecule has 0 bridgehead atoms. The van der Waals surface area contributed by atoms with Crippen molar-refractivity contribution in [1.29, 1.82) is 0 Å². The molecule has 0 radical (unpaired) electrons. The number of pyridine rings is 1. The van der Waals surface area contributed by atoms with E-state index in [0.29, 0.717) is 45.8 Å². The third kappa shape index (κ3) is 11.0. The number of fused-ring (bicyclic) bond motifs is 4. The average molecular weight is 1300 g/mol. The van der Waals surface area contributed by atoms with E-state index in [9.17, 15) is 0 Å². The molecule has 0 atom stereocenters. The molecule has 0 N–H and O–H groups in total. The zero-order chi connectivity index (χ0) is 57.3. The fraction of sp³-hybridized carbons (Fsp3) is 0.270. The van der Waals surface area contributed by atoms with Crippen LogP contribution >= 0.6 is 0 Å². The topological polar surface area (TPSA) is 33.5 Å². The van der Waals surface area contributed by atoms with Crippen molar-refractivity contribution in [2.45, 2.75) is 128 Å². The molecule has 0 unspecified atom stereocenters. The molecule has 430 valence electrons. The molecule has 0 amide bonds. The molecule has 1 aliphatic heterocycles. The zero-order valence-electron chi connectivity index (χ0n) is 48.3. The summed E-state index contributed by atoms with van der Waals surface area (Å²) in [5.74, 6) is -0.419. The van der Waals surface area contributed by atoms with E-state index in [1.54, 1.807) is 0 Å². The summed E-state index contributed by atoms with van der Waals surface area (Å²) in [6.07, 6.45) is 13.6. The van der Waals surface area contributed by atoms with E-state index in [1.807, 2.05) is 81.0 Å². The third-order valence-electron chi connectivity index (χ3n) is 17.4. The number of aromatic nitrogens is 2. The van der Waals surface area contributed by atoms with Gasteiger partial charge in [0.15, 0.2) is 0 Å². The molecule has 2 aliphatic carbocycles. The van der Waals surface area contributed by atoms with Gasteiger partial charge in [-0.3, -0.25) is 0 Å². The van der Waals surface area contributed by atoms with Crippen molar-refractivity contribution in [3.05, 3.63) is 222 Å². The molecule has 2 saturated carbocycles. The predicted octanol–water partition coefficient (Wildman–Crippen LogP) is 21.2. The smallest absolute Gasteiger partial charge is 0.135 e.